The van der Waals surface area contributed by atoms with Gasteiger partial charge in [0, 0.05) is 17.8 Å². The number of aryl methyl sites for hydroxylation is 1. The highest BCUT2D eigenvalue weighted by Gasteiger charge is 2.35. The van der Waals surface area contributed by atoms with E-state index in [2.05, 4.69) is 16.9 Å². The number of pyridine rings is 2. The van der Waals surface area contributed by atoms with Gasteiger partial charge in [0.2, 0.25) is 0 Å². The predicted octanol–water partition coefficient (Wildman–Crippen LogP) is 2.19. The largest absolute Gasteiger partial charge is 0.383 e. The molecule has 0 aliphatic heterocycles. The lowest BCUT2D eigenvalue weighted by molar-refractivity contribution is 0.872. The van der Waals surface area contributed by atoms with Gasteiger partial charge in [0.05, 0.1) is 16.8 Å². The first-order chi connectivity index (χ1) is 11.1. The minimum Gasteiger partial charge on any atom is -0.383 e. The first-order valence-electron chi connectivity index (χ1n) is 7.67. The Labute approximate surface area is 133 Å². The van der Waals surface area contributed by atoms with Gasteiger partial charge >= 0.3 is 5.69 Å². The summed E-state index contributed by atoms with van der Waals surface area (Å²) in [5, 5.41) is 0.685. The van der Waals surface area contributed by atoms with Gasteiger partial charge in [-0.15, -0.1) is 0 Å². The van der Waals surface area contributed by atoms with Gasteiger partial charge in [0.25, 0.3) is 0 Å². The topological polar surface area (TPSA) is 86.7 Å². The average Bonchev–Trinajstić information content (AvgIpc) is 3.25. The normalized spacial score (nSPS) is 19.9. The average molecular weight is 307 g/mol. The van der Waals surface area contributed by atoms with Crippen molar-refractivity contribution >= 4 is 16.9 Å². The number of rotatable bonds is 2. The quantitative estimate of drug-likeness (QED) is 0.784. The van der Waals surface area contributed by atoms with Crippen molar-refractivity contribution in [1.29, 1.82) is 0 Å². The van der Waals surface area contributed by atoms with Gasteiger partial charge in [0.15, 0.2) is 5.65 Å². The van der Waals surface area contributed by atoms with Crippen molar-refractivity contribution in [2.75, 3.05) is 5.73 Å². The van der Waals surface area contributed by atoms with Gasteiger partial charge in [-0.25, -0.2) is 14.3 Å². The molecule has 6 nitrogen and oxygen atoms in total. The van der Waals surface area contributed by atoms with Gasteiger partial charge < -0.3 is 5.73 Å². The molecular weight excluding hydrogens is 290 g/mol. The molecule has 1 aliphatic rings. The molecule has 0 unspecified atom stereocenters. The molecule has 2 N–H and O–H groups in total. The third-order valence-electron chi connectivity index (χ3n) is 4.50. The van der Waals surface area contributed by atoms with Gasteiger partial charge in [-0.2, -0.15) is 4.98 Å². The fourth-order valence-electron chi connectivity index (χ4n) is 3.01. The molecule has 23 heavy (non-hydrogen) atoms. The van der Waals surface area contributed by atoms with Crippen molar-refractivity contribution in [2.24, 2.45) is 5.92 Å². The molecule has 1 fully saturated rings. The van der Waals surface area contributed by atoms with Crippen molar-refractivity contribution in [2.45, 2.75) is 26.2 Å². The van der Waals surface area contributed by atoms with Crippen molar-refractivity contribution in [3.05, 3.63) is 52.3 Å². The number of nitrogens with two attached hydrogens (primary N) is 1. The van der Waals surface area contributed by atoms with Crippen molar-refractivity contribution in [3.8, 4) is 5.69 Å². The molecule has 3 aromatic rings. The van der Waals surface area contributed by atoms with E-state index in [1.807, 2.05) is 25.1 Å². The summed E-state index contributed by atoms with van der Waals surface area (Å²) in [4.78, 5) is 25.4. The second-order valence-corrected chi connectivity index (χ2v) is 6.15. The van der Waals surface area contributed by atoms with E-state index in [1.54, 1.807) is 12.3 Å². The lowest BCUT2D eigenvalue weighted by Gasteiger charge is -2.12. The fourth-order valence-corrected chi connectivity index (χ4v) is 3.01. The highest BCUT2D eigenvalue weighted by Crippen LogP contribution is 2.46. The number of anilines is 1. The third-order valence-corrected chi connectivity index (χ3v) is 4.50. The Morgan fingerprint density at radius 2 is 2.04 bits per heavy atom. The first-order valence-corrected chi connectivity index (χ1v) is 7.67. The lowest BCUT2D eigenvalue weighted by Crippen LogP contribution is -2.25. The highest BCUT2D eigenvalue weighted by atomic mass is 16.1. The van der Waals surface area contributed by atoms with Crippen LogP contribution in [0, 0.1) is 12.8 Å². The van der Waals surface area contributed by atoms with Crippen LogP contribution in [0.1, 0.15) is 30.7 Å². The Balaban J connectivity index is 2.06. The molecule has 0 bridgehead atoms. The van der Waals surface area contributed by atoms with Crippen molar-refractivity contribution in [1.82, 2.24) is 19.5 Å². The molecule has 3 aromatic heterocycles. The molecule has 2 atom stereocenters. The molecule has 116 valence electrons. The molecule has 0 radical (unpaired) electrons. The SMILES string of the molecule is Cc1ncccc1-n1c(=O)nc(N)c2ccc([C@@H]3C[C@H]3C)nc21. The second-order valence-electron chi connectivity index (χ2n) is 6.15. The summed E-state index contributed by atoms with van der Waals surface area (Å²) >= 11 is 0. The van der Waals surface area contributed by atoms with Crippen LogP contribution in [-0.4, -0.2) is 19.5 Å². The Morgan fingerprint density at radius 1 is 1.26 bits per heavy atom. The zero-order valence-electron chi connectivity index (χ0n) is 13.0. The molecule has 6 heteroatoms. The molecule has 1 aliphatic carbocycles. The van der Waals surface area contributed by atoms with Crippen LogP contribution < -0.4 is 11.4 Å². The van der Waals surface area contributed by atoms with Crippen LogP contribution in [0.15, 0.2) is 35.3 Å². The van der Waals surface area contributed by atoms with E-state index >= 15 is 0 Å². The van der Waals surface area contributed by atoms with Crippen LogP contribution in [0.5, 0.6) is 0 Å². The summed E-state index contributed by atoms with van der Waals surface area (Å²) in [5.41, 5.74) is 8.48. The maximum atomic E-state index is 12.5. The van der Waals surface area contributed by atoms with Crippen LogP contribution >= 0.6 is 0 Å². The van der Waals surface area contributed by atoms with Crippen LogP contribution in [0.4, 0.5) is 5.82 Å². The van der Waals surface area contributed by atoms with E-state index in [4.69, 9.17) is 10.7 Å². The van der Waals surface area contributed by atoms with E-state index < -0.39 is 5.69 Å². The van der Waals surface area contributed by atoms with Gasteiger partial charge in [-0.1, -0.05) is 6.92 Å². The Kier molecular flexibility index (Phi) is 2.94. The molecule has 3 heterocycles. The van der Waals surface area contributed by atoms with Gasteiger partial charge in [-0.3, -0.25) is 4.98 Å². The maximum Gasteiger partial charge on any atom is 0.355 e. The number of nitrogen functional groups attached to an aromatic ring is 1. The molecule has 0 spiro atoms. The van der Waals surface area contributed by atoms with E-state index in [9.17, 15) is 4.79 Å². The molecule has 4 rings (SSSR count). The van der Waals surface area contributed by atoms with E-state index in [1.165, 1.54) is 4.57 Å². The maximum absolute atomic E-state index is 12.5. The lowest BCUT2D eigenvalue weighted by atomic mass is 10.2. The minimum atomic E-state index is -0.431. The highest BCUT2D eigenvalue weighted by molar-refractivity contribution is 5.86. The van der Waals surface area contributed by atoms with E-state index in [-0.39, 0.29) is 5.82 Å². The Bertz CT molecular complexity index is 978. The summed E-state index contributed by atoms with van der Waals surface area (Å²) < 4.78 is 1.50. The van der Waals surface area contributed by atoms with E-state index in [0.29, 0.717) is 28.6 Å². The third kappa shape index (κ3) is 2.18. The number of nitrogens with zero attached hydrogens (tertiary/aromatic N) is 4. The van der Waals surface area contributed by atoms with Crippen LogP contribution in [0.25, 0.3) is 16.7 Å². The summed E-state index contributed by atoms with van der Waals surface area (Å²) in [6, 6.07) is 7.53. The first kappa shape index (κ1) is 13.9. The number of hydrogen-bond acceptors (Lipinski definition) is 5. The monoisotopic (exact) mass is 307 g/mol. The van der Waals surface area contributed by atoms with E-state index in [0.717, 1.165) is 17.8 Å². The van der Waals surface area contributed by atoms with Crippen LogP contribution in [0.2, 0.25) is 0 Å². The zero-order chi connectivity index (χ0) is 16.1. The zero-order valence-corrected chi connectivity index (χ0v) is 13.0. The molecule has 0 amide bonds. The van der Waals surface area contributed by atoms with Crippen LogP contribution in [-0.2, 0) is 0 Å². The standard InChI is InChI=1S/C17H17N5O/c1-9-8-12(9)13-6-5-11-15(18)21-17(23)22(16(11)20-13)14-4-3-7-19-10(14)2/h3-7,9,12H,8H2,1-2H3,(H2,18,21,23)/t9-,12-/m1/s1. The molecule has 0 aromatic carbocycles. The van der Waals surface area contributed by atoms with Gasteiger partial charge in [0.1, 0.15) is 5.82 Å². The Morgan fingerprint density at radius 3 is 2.74 bits per heavy atom. The van der Waals surface area contributed by atoms with Crippen molar-refractivity contribution < 1.29 is 0 Å². The molecule has 0 saturated heterocycles. The molecule has 1 saturated carbocycles. The number of hydrogen-bond donors (Lipinski definition) is 1. The van der Waals surface area contributed by atoms with Crippen molar-refractivity contribution in [3.63, 3.8) is 0 Å². The Hall–Kier alpha value is -2.76. The second kappa shape index (κ2) is 4.87. The summed E-state index contributed by atoms with van der Waals surface area (Å²) in [7, 11) is 0. The summed E-state index contributed by atoms with van der Waals surface area (Å²) in [6.07, 6.45) is 2.83. The van der Waals surface area contributed by atoms with Gasteiger partial charge in [-0.05, 0) is 43.5 Å². The number of fused-ring (bicyclic) bond motifs is 1. The fraction of sp³-hybridized carbons (Fsp3) is 0.294. The summed E-state index contributed by atoms with van der Waals surface area (Å²) in [5.74, 6) is 1.32. The number of aromatic nitrogens is 4. The smallest absolute Gasteiger partial charge is 0.355 e. The van der Waals surface area contributed by atoms with Crippen LogP contribution in [0.3, 0.4) is 0 Å². The minimum absolute atomic E-state index is 0.214. The molecular formula is C17H17N5O. The summed E-state index contributed by atoms with van der Waals surface area (Å²) in [6.45, 7) is 4.06. The predicted molar refractivity (Wildman–Crippen MR) is 88.6 cm³/mol.